The van der Waals surface area contributed by atoms with Crippen LogP contribution < -0.4 is 10.3 Å². The summed E-state index contributed by atoms with van der Waals surface area (Å²) >= 11 is 1.49. The number of hydrogen-bond acceptors (Lipinski definition) is 4. The molecule has 1 aliphatic rings. The van der Waals surface area contributed by atoms with Crippen LogP contribution in [0.2, 0.25) is 0 Å². The molecule has 0 amide bonds. The zero-order valence-electron chi connectivity index (χ0n) is 17.6. The second-order valence-corrected chi connectivity index (χ2v) is 9.12. The summed E-state index contributed by atoms with van der Waals surface area (Å²) in [6.07, 6.45) is 3.29. The van der Waals surface area contributed by atoms with Crippen molar-refractivity contribution in [2.75, 3.05) is 7.11 Å². The molecule has 1 fully saturated rings. The minimum absolute atomic E-state index is 0.0231. The lowest BCUT2D eigenvalue weighted by Gasteiger charge is -2.36. The summed E-state index contributed by atoms with van der Waals surface area (Å²) in [6, 6.07) is 12.6. The molecule has 0 bridgehead atoms. The highest BCUT2D eigenvalue weighted by molar-refractivity contribution is 7.98. The zero-order valence-corrected chi connectivity index (χ0v) is 18.4. The Balaban J connectivity index is 1.74. The lowest BCUT2D eigenvalue weighted by Crippen LogP contribution is -2.35. The molecule has 158 valence electrons. The minimum Gasteiger partial charge on any atom is -0.494 e. The van der Waals surface area contributed by atoms with Crippen LogP contribution in [0.25, 0.3) is 10.9 Å². The topological polar surface area (TPSA) is 44.1 Å². The van der Waals surface area contributed by atoms with Gasteiger partial charge in [0.05, 0.1) is 18.0 Å². The first-order chi connectivity index (χ1) is 14.5. The van der Waals surface area contributed by atoms with Gasteiger partial charge in [-0.1, -0.05) is 56.7 Å². The third kappa shape index (κ3) is 3.97. The number of hydrogen-bond donors (Lipinski definition) is 0. The molecule has 0 aliphatic heterocycles. The maximum Gasteiger partial charge on any atom is 0.262 e. The van der Waals surface area contributed by atoms with E-state index in [4.69, 9.17) is 9.72 Å². The van der Waals surface area contributed by atoms with Gasteiger partial charge in [0.15, 0.2) is 16.7 Å². The number of rotatable bonds is 5. The van der Waals surface area contributed by atoms with Gasteiger partial charge in [-0.15, -0.1) is 0 Å². The van der Waals surface area contributed by atoms with Gasteiger partial charge in [0.25, 0.3) is 5.56 Å². The Bertz CT molecular complexity index is 1110. The molecule has 1 saturated carbocycles. The fourth-order valence-electron chi connectivity index (χ4n) is 4.39. The van der Waals surface area contributed by atoms with E-state index in [2.05, 4.69) is 13.8 Å². The van der Waals surface area contributed by atoms with Crippen LogP contribution in [0.15, 0.2) is 52.4 Å². The number of nitrogens with zero attached hydrogens (tertiary/aromatic N) is 2. The van der Waals surface area contributed by atoms with Crippen LogP contribution in [0.3, 0.4) is 0 Å². The summed E-state index contributed by atoms with van der Waals surface area (Å²) < 4.78 is 21.0. The van der Waals surface area contributed by atoms with Gasteiger partial charge >= 0.3 is 0 Å². The number of aromatic nitrogens is 2. The largest absolute Gasteiger partial charge is 0.494 e. The summed E-state index contributed by atoms with van der Waals surface area (Å²) in [6.45, 7) is 4.51. The number of ether oxygens (including phenoxy) is 1. The smallest absolute Gasteiger partial charge is 0.262 e. The SMILES string of the molecule is COc1ccc(CSc2nc3ccccc3c(=O)n2[C@H]2CCC[C@@H](C)[C@H]2C)cc1F. The average molecular weight is 427 g/mol. The molecule has 0 saturated heterocycles. The van der Waals surface area contributed by atoms with Crippen molar-refractivity contribution >= 4 is 22.7 Å². The molecule has 0 unspecified atom stereocenters. The first-order valence-corrected chi connectivity index (χ1v) is 11.4. The van der Waals surface area contributed by atoms with Crippen LogP contribution in [0.4, 0.5) is 4.39 Å². The van der Waals surface area contributed by atoms with Crippen LogP contribution in [0.1, 0.15) is 44.7 Å². The number of benzene rings is 2. The van der Waals surface area contributed by atoms with E-state index < -0.39 is 0 Å². The van der Waals surface area contributed by atoms with Crippen molar-refractivity contribution in [1.29, 1.82) is 0 Å². The molecule has 0 spiro atoms. The van der Waals surface area contributed by atoms with E-state index in [1.165, 1.54) is 31.4 Å². The first kappa shape index (κ1) is 20.9. The van der Waals surface area contributed by atoms with Crippen molar-refractivity contribution < 1.29 is 9.13 Å². The molecule has 3 atom stereocenters. The van der Waals surface area contributed by atoms with E-state index in [9.17, 15) is 9.18 Å². The van der Waals surface area contributed by atoms with Gasteiger partial charge in [0, 0.05) is 11.8 Å². The van der Waals surface area contributed by atoms with Crippen molar-refractivity contribution in [2.45, 2.75) is 50.1 Å². The quantitative estimate of drug-likeness (QED) is 0.380. The van der Waals surface area contributed by atoms with Gasteiger partial charge in [-0.3, -0.25) is 9.36 Å². The Morgan fingerprint density at radius 1 is 1.20 bits per heavy atom. The Hall–Kier alpha value is -2.34. The molecule has 0 radical (unpaired) electrons. The number of halogens is 1. The minimum atomic E-state index is -0.380. The maximum atomic E-state index is 14.1. The first-order valence-electron chi connectivity index (χ1n) is 10.5. The fourth-order valence-corrected chi connectivity index (χ4v) is 5.38. The Morgan fingerprint density at radius 3 is 2.77 bits per heavy atom. The fraction of sp³-hybridized carbons (Fsp3) is 0.417. The standard InChI is InChI=1S/C24H27FN2O2S/c1-15-7-6-10-21(16(15)2)27-23(28)18-8-4-5-9-20(18)26-24(27)30-14-17-11-12-22(29-3)19(25)13-17/h4-5,8-9,11-13,15-16,21H,6-7,10,14H2,1-3H3/t15-,16-,21+/m1/s1. The lowest BCUT2D eigenvalue weighted by atomic mass is 9.78. The molecule has 6 heteroatoms. The molecule has 1 aromatic heterocycles. The van der Waals surface area contributed by atoms with Crippen LogP contribution in [-0.2, 0) is 5.75 Å². The normalized spacial score (nSPS) is 21.7. The predicted molar refractivity (Wildman–Crippen MR) is 120 cm³/mol. The van der Waals surface area contributed by atoms with Crippen molar-refractivity contribution in [3.63, 3.8) is 0 Å². The second-order valence-electron chi connectivity index (χ2n) is 8.18. The Morgan fingerprint density at radius 2 is 2.00 bits per heavy atom. The highest BCUT2D eigenvalue weighted by Gasteiger charge is 2.31. The van der Waals surface area contributed by atoms with Gasteiger partial charge in [-0.25, -0.2) is 9.37 Å². The number of thioether (sulfide) groups is 1. The summed E-state index contributed by atoms with van der Waals surface area (Å²) in [5.74, 6) is 1.35. The Labute approximate surface area is 180 Å². The predicted octanol–water partition coefficient (Wildman–Crippen LogP) is 5.83. The van der Waals surface area contributed by atoms with Gasteiger partial charge in [-0.05, 0) is 48.1 Å². The van der Waals surface area contributed by atoms with Gasteiger partial charge in [0.1, 0.15) is 0 Å². The van der Waals surface area contributed by atoms with Crippen LogP contribution in [0, 0.1) is 17.7 Å². The van der Waals surface area contributed by atoms with E-state index in [1.54, 1.807) is 6.07 Å². The van der Waals surface area contributed by atoms with Crippen LogP contribution in [-0.4, -0.2) is 16.7 Å². The molecule has 3 aromatic rings. The van der Waals surface area contributed by atoms with Gasteiger partial charge < -0.3 is 4.74 Å². The van der Waals surface area contributed by atoms with Crippen molar-refractivity contribution in [1.82, 2.24) is 9.55 Å². The van der Waals surface area contributed by atoms with Crippen molar-refractivity contribution in [3.8, 4) is 5.75 Å². The van der Waals surface area contributed by atoms with E-state index >= 15 is 0 Å². The zero-order chi connectivity index (χ0) is 21.3. The highest BCUT2D eigenvalue weighted by atomic mass is 32.2. The molecule has 1 aliphatic carbocycles. The number of methoxy groups -OCH3 is 1. The molecule has 0 N–H and O–H groups in total. The van der Waals surface area contributed by atoms with E-state index in [-0.39, 0.29) is 23.2 Å². The summed E-state index contributed by atoms with van der Waals surface area (Å²) in [7, 11) is 1.46. The molecule has 4 nitrogen and oxygen atoms in total. The van der Waals surface area contributed by atoms with Gasteiger partial charge in [-0.2, -0.15) is 0 Å². The Kier molecular flexibility index (Phi) is 6.14. The summed E-state index contributed by atoms with van der Waals surface area (Å²) in [4.78, 5) is 18.3. The molecule has 4 rings (SSSR count). The van der Waals surface area contributed by atoms with Crippen molar-refractivity contribution in [3.05, 3.63) is 64.2 Å². The molecule has 1 heterocycles. The van der Waals surface area contributed by atoms with Crippen LogP contribution >= 0.6 is 11.8 Å². The third-order valence-corrected chi connectivity index (χ3v) is 7.38. The van der Waals surface area contributed by atoms with E-state index in [0.29, 0.717) is 33.6 Å². The summed E-state index contributed by atoms with van der Waals surface area (Å²) in [5, 5.41) is 1.36. The molecule has 2 aromatic carbocycles. The third-order valence-electron chi connectivity index (χ3n) is 6.36. The van der Waals surface area contributed by atoms with E-state index in [1.807, 2.05) is 34.9 Å². The van der Waals surface area contributed by atoms with Crippen molar-refractivity contribution in [2.24, 2.45) is 11.8 Å². The number of para-hydroxylation sites is 1. The average Bonchev–Trinajstić information content (AvgIpc) is 2.75. The molecular weight excluding hydrogens is 399 g/mol. The van der Waals surface area contributed by atoms with Crippen LogP contribution in [0.5, 0.6) is 5.75 Å². The number of fused-ring (bicyclic) bond motifs is 1. The monoisotopic (exact) mass is 426 g/mol. The lowest BCUT2D eigenvalue weighted by molar-refractivity contribution is 0.173. The highest BCUT2D eigenvalue weighted by Crippen LogP contribution is 2.39. The van der Waals surface area contributed by atoms with E-state index in [0.717, 1.165) is 18.4 Å². The molecule has 30 heavy (non-hydrogen) atoms. The summed E-state index contributed by atoms with van der Waals surface area (Å²) in [5.41, 5.74) is 1.56. The molecular formula is C24H27FN2O2S. The van der Waals surface area contributed by atoms with Gasteiger partial charge in [0.2, 0.25) is 0 Å². The second kappa shape index (κ2) is 8.80. The maximum absolute atomic E-state index is 14.1.